The molecule has 20 heavy (non-hydrogen) atoms. The monoisotopic (exact) mass is 279 g/mol. The highest BCUT2D eigenvalue weighted by atomic mass is 16.5. The SMILES string of the molecule is CNc1cc(N(CC(C)=O)CC(C)=O)c(OC)cc1N. The van der Waals surface area contributed by atoms with Crippen LogP contribution in [0.1, 0.15) is 13.8 Å². The van der Waals surface area contributed by atoms with Crippen LogP contribution in [0, 0.1) is 0 Å². The quantitative estimate of drug-likeness (QED) is 0.732. The van der Waals surface area contributed by atoms with Crippen LogP contribution in [0.4, 0.5) is 17.1 Å². The van der Waals surface area contributed by atoms with E-state index < -0.39 is 0 Å². The van der Waals surface area contributed by atoms with Crippen LogP contribution in [0.2, 0.25) is 0 Å². The lowest BCUT2D eigenvalue weighted by molar-refractivity contribution is -0.116. The summed E-state index contributed by atoms with van der Waals surface area (Å²) in [5.74, 6) is 0.469. The van der Waals surface area contributed by atoms with E-state index in [-0.39, 0.29) is 24.7 Å². The Labute approximate surface area is 118 Å². The number of benzene rings is 1. The lowest BCUT2D eigenvalue weighted by atomic mass is 10.2. The van der Waals surface area contributed by atoms with Gasteiger partial charge in [0.25, 0.3) is 0 Å². The molecule has 0 aromatic heterocycles. The molecule has 0 bridgehead atoms. The molecule has 0 atom stereocenters. The van der Waals surface area contributed by atoms with Crippen molar-refractivity contribution in [2.45, 2.75) is 13.8 Å². The van der Waals surface area contributed by atoms with Crippen molar-refractivity contribution >= 4 is 28.6 Å². The number of nitrogen functional groups attached to an aromatic ring is 1. The highest BCUT2D eigenvalue weighted by Crippen LogP contribution is 2.35. The van der Waals surface area contributed by atoms with E-state index in [0.29, 0.717) is 17.1 Å². The van der Waals surface area contributed by atoms with Gasteiger partial charge in [0.15, 0.2) is 0 Å². The van der Waals surface area contributed by atoms with Gasteiger partial charge in [0, 0.05) is 13.1 Å². The lowest BCUT2D eigenvalue weighted by Crippen LogP contribution is -2.33. The molecule has 0 aliphatic carbocycles. The Hall–Kier alpha value is -2.24. The topological polar surface area (TPSA) is 84.7 Å². The summed E-state index contributed by atoms with van der Waals surface area (Å²) < 4.78 is 5.30. The fourth-order valence-electron chi connectivity index (χ4n) is 1.98. The number of ketones is 2. The second-order valence-electron chi connectivity index (χ2n) is 4.62. The first-order chi connectivity index (χ1) is 9.38. The lowest BCUT2D eigenvalue weighted by Gasteiger charge is -2.25. The minimum absolute atomic E-state index is 0.0314. The molecule has 0 amide bonds. The molecule has 0 spiro atoms. The van der Waals surface area contributed by atoms with E-state index >= 15 is 0 Å². The van der Waals surface area contributed by atoms with Crippen molar-refractivity contribution in [1.82, 2.24) is 0 Å². The molecule has 0 saturated carbocycles. The van der Waals surface area contributed by atoms with Crippen LogP contribution in [0.25, 0.3) is 0 Å². The summed E-state index contributed by atoms with van der Waals surface area (Å²) in [6, 6.07) is 3.45. The summed E-state index contributed by atoms with van der Waals surface area (Å²) in [5, 5.41) is 2.97. The Bertz CT molecular complexity index is 499. The van der Waals surface area contributed by atoms with Gasteiger partial charge >= 0.3 is 0 Å². The van der Waals surface area contributed by atoms with Crippen LogP contribution in [-0.2, 0) is 9.59 Å². The molecule has 1 aromatic rings. The molecule has 0 heterocycles. The summed E-state index contributed by atoms with van der Waals surface area (Å²) in [7, 11) is 3.28. The first kappa shape index (κ1) is 15.8. The number of hydrogen-bond donors (Lipinski definition) is 2. The van der Waals surface area contributed by atoms with Crippen LogP contribution in [0.5, 0.6) is 5.75 Å². The largest absolute Gasteiger partial charge is 0.495 e. The molecular formula is C14H21N3O3. The fourth-order valence-corrected chi connectivity index (χ4v) is 1.98. The van der Waals surface area contributed by atoms with Crippen LogP contribution in [0.3, 0.4) is 0 Å². The van der Waals surface area contributed by atoms with E-state index in [0.717, 1.165) is 5.69 Å². The molecule has 0 radical (unpaired) electrons. The zero-order chi connectivity index (χ0) is 15.3. The van der Waals surface area contributed by atoms with E-state index in [4.69, 9.17) is 10.5 Å². The molecule has 1 rings (SSSR count). The molecule has 0 aliphatic heterocycles. The van der Waals surface area contributed by atoms with E-state index in [2.05, 4.69) is 5.32 Å². The van der Waals surface area contributed by atoms with Crippen molar-refractivity contribution in [3.8, 4) is 5.75 Å². The Kier molecular flexibility index (Phi) is 5.37. The summed E-state index contributed by atoms with van der Waals surface area (Å²) in [5.41, 5.74) is 7.81. The number of hydrogen-bond acceptors (Lipinski definition) is 6. The van der Waals surface area contributed by atoms with Crippen LogP contribution in [-0.4, -0.2) is 38.8 Å². The predicted molar refractivity (Wildman–Crippen MR) is 80.5 cm³/mol. The average molecular weight is 279 g/mol. The highest BCUT2D eigenvalue weighted by molar-refractivity contribution is 5.88. The molecule has 3 N–H and O–H groups in total. The molecule has 0 unspecified atom stereocenters. The number of rotatable bonds is 7. The first-order valence-corrected chi connectivity index (χ1v) is 6.28. The Balaban J connectivity index is 3.28. The molecule has 0 saturated heterocycles. The van der Waals surface area contributed by atoms with Crippen molar-refractivity contribution in [3.63, 3.8) is 0 Å². The second-order valence-corrected chi connectivity index (χ2v) is 4.62. The van der Waals surface area contributed by atoms with Gasteiger partial charge in [-0.3, -0.25) is 9.59 Å². The van der Waals surface area contributed by atoms with E-state index in [1.807, 2.05) is 0 Å². The fraction of sp³-hybridized carbons (Fsp3) is 0.429. The molecule has 0 aliphatic rings. The third kappa shape index (κ3) is 3.88. The van der Waals surface area contributed by atoms with Crippen LogP contribution in [0.15, 0.2) is 12.1 Å². The van der Waals surface area contributed by atoms with Crippen LogP contribution < -0.4 is 20.7 Å². The summed E-state index contributed by atoms with van der Waals surface area (Å²) >= 11 is 0. The van der Waals surface area contributed by atoms with Gasteiger partial charge in [-0.25, -0.2) is 0 Å². The number of ether oxygens (including phenoxy) is 1. The summed E-state index contributed by atoms with van der Waals surface area (Å²) in [6.45, 7) is 3.25. The minimum Gasteiger partial charge on any atom is -0.495 e. The molecule has 6 heteroatoms. The van der Waals surface area contributed by atoms with Crippen molar-refractivity contribution < 1.29 is 14.3 Å². The summed E-state index contributed by atoms with van der Waals surface area (Å²) in [4.78, 5) is 24.5. The third-order valence-corrected chi connectivity index (χ3v) is 2.79. The standard InChI is InChI=1S/C14H21N3O3/c1-9(18)7-17(8-10(2)19)13-6-12(16-3)11(15)5-14(13)20-4/h5-6,16H,7-8,15H2,1-4H3. The van der Waals surface area contributed by atoms with E-state index in [1.165, 1.54) is 21.0 Å². The predicted octanol–water partition coefficient (Wildman–Crippen LogP) is 1.30. The van der Waals surface area contributed by atoms with Gasteiger partial charge in [0.05, 0.1) is 37.3 Å². The number of nitrogens with one attached hydrogen (secondary N) is 1. The Morgan fingerprint density at radius 2 is 1.80 bits per heavy atom. The maximum absolute atomic E-state index is 11.4. The molecule has 1 aromatic carbocycles. The zero-order valence-corrected chi connectivity index (χ0v) is 12.3. The van der Waals surface area contributed by atoms with Crippen LogP contribution >= 0.6 is 0 Å². The summed E-state index contributed by atoms with van der Waals surface area (Å²) in [6.07, 6.45) is 0. The van der Waals surface area contributed by atoms with Gasteiger partial charge in [0.2, 0.25) is 0 Å². The number of nitrogens with two attached hydrogens (primary N) is 1. The van der Waals surface area contributed by atoms with Gasteiger partial charge in [-0.2, -0.15) is 0 Å². The van der Waals surface area contributed by atoms with Crippen molar-refractivity contribution in [1.29, 1.82) is 0 Å². The number of carbonyl (C=O) groups is 2. The average Bonchev–Trinajstić information content (AvgIpc) is 2.36. The number of carbonyl (C=O) groups excluding carboxylic acids is 2. The minimum atomic E-state index is -0.0314. The Morgan fingerprint density at radius 3 is 2.20 bits per heavy atom. The van der Waals surface area contributed by atoms with E-state index in [1.54, 1.807) is 24.1 Å². The number of Topliss-reactive ketones (excluding diaryl/α,β-unsaturated/α-hetero) is 2. The molecule has 6 nitrogen and oxygen atoms in total. The van der Waals surface area contributed by atoms with Crippen molar-refractivity contribution in [3.05, 3.63) is 12.1 Å². The maximum Gasteiger partial charge on any atom is 0.149 e. The number of methoxy groups -OCH3 is 1. The number of anilines is 3. The van der Waals surface area contributed by atoms with Gasteiger partial charge in [-0.1, -0.05) is 0 Å². The Morgan fingerprint density at radius 1 is 1.25 bits per heavy atom. The smallest absolute Gasteiger partial charge is 0.149 e. The normalized spacial score (nSPS) is 10.0. The van der Waals surface area contributed by atoms with Crippen molar-refractivity contribution in [2.24, 2.45) is 0 Å². The molecule has 0 fully saturated rings. The number of nitrogens with zero attached hydrogens (tertiary/aromatic N) is 1. The van der Waals surface area contributed by atoms with Gasteiger partial charge < -0.3 is 20.7 Å². The van der Waals surface area contributed by atoms with Gasteiger partial charge in [-0.05, 0) is 19.9 Å². The first-order valence-electron chi connectivity index (χ1n) is 6.28. The molecule has 110 valence electrons. The zero-order valence-electron chi connectivity index (χ0n) is 12.3. The van der Waals surface area contributed by atoms with Crippen molar-refractivity contribution in [2.75, 3.05) is 43.2 Å². The second kappa shape index (κ2) is 6.79. The highest BCUT2D eigenvalue weighted by Gasteiger charge is 2.17. The maximum atomic E-state index is 11.4. The van der Waals surface area contributed by atoms with Gasteiger partial charge in [-0.15, -0.1) is 0 Å². The van der Waals surface area contributed by atoms with Gasteiger partial charge in [0.1, 0.15) is 17.3 Å². The third-order valence-electron chi connectivity index (χ3n) is 2.79. The van der Waals surface area contributed by atoms with E-state index in [9.17, 15) is 9.59 Å². The molecular weight excluding hydrogens is 258 g/mol.